The molecular formula is C20H13BrN4O2. The monoisotopic (exact) mass is 420 g/mol. The molecule has 27 heavy (non-hydrogen) atoms. The Balaban J connectivity index is 2.02. The molecule has 2 aromatic carbocycles. The number of fused-ring (bicyclic) bond motifs is 2. The number of phenols is 1. The molecule has 0 spiro atoms. The number of benzene rings is 2. The van der Waals surface area contributed by atoms with Crippen LogP contribution in [-0.4, -0.2) is 32.4 Å². The molecule has 132 valence electrons. The van der Waals surface area contributed by atoms with Gasteiger partial charge in [-0.3, -0.25) is 5.10 Å². The third kappa shape index (κ3) is 2.35. The number of para-hydroxylation sites is 1. The first kappa shape index (κ1) is 16.0. The summed E-state index contributed by atoms with van der Waals surface area (Å²) in [5.41, 5.74) is 3.10. The van der Waals surface area contributed by atoms with Gasteiger partial charge in [0.15, 0.2) is 17.1 Å². The number of nitrogens with zero attached hydrogens (tertiary/aromatic N) is 3. The summed E-state index contributed by atoms with van der Waals surface area (Å²) in [5, 5.41) is 21.1. The maximum absolute atomic E-state index is 10.1. The van der Waals surface area contributed by atoms with Crippen molar-refractivity contribution in [2.75, 3.05) is 7.11 Å². The van der Waals surface area contributed by atoms with Gasteiger partial charge in [0.2, 0.25) is 0 Å². The summed E-state index contributed by atoms with van der Waals surface area (Å²) >= 11 is 3.55. The van der Waals surface area contributed by atoms with Crippen molar-refractivity contribution >= 4 is 48.6 Å². The predicted octanol–water partition coefficient (Wildman–Crippen LogP) is 4.80. The average molecular weight is 421 g/mol. The van der Waals surface area contributed by atoms with Gasteiger partial charge >= 0.3 is 0 Å². The van der Waals surface area contributed by atoms with Gasteiger partial charge in [-0.2, -0.15) is 5.10 Å². The summed E-state index contributed by atoms with van der Waals surface area (Å²) < 4.78 is 6.01. The van der Waals surface area contributed by atoms with E-state index < -0.39 is 0 Å². The first-order valence-corrected chi connectivity index (χ1v) is 9.04. The molecule has 6 nitrogen and oxygen atoms in total. The lowest BCUT2D eigenvalue weighted by molar-refractivity contribution is 0.373. The average Bonchev–Trinajstić information content (AvgIpc) is 3.05. The third-order valence-electron chi connectivity index (χ3n) is 4.67. The van der Waals surface area contributed by atoms with Crippen LogP contribution in [0.3, 0.4) is 0 Å². The molecule has 5 aromatic rings. The summed E-state index contributed by atoms with van der Waals surface area (Å²) in [6.45, 7) is 0. The summed E-state index contributed by atoms with van der Waals surface area (Å²) in [6, 6.07) is 11.3. The van der Waals surface area contributed by atoms with Crippen LogP contribution in [0.4, 0.5) is 0 Å². The first-order valence-electron chi connectivity index (χ1n) is 8.25. The van der Waals surface area contributed by atoms with Crippen LogP contribution in [0, 0.1) is 0 Å². The fourth-order valence-corrected chi connectivity index (χ4v) is 3.94. The van der Waals surface area contributed by atoms with Gasteiger partial charge in [0.25, 0.3) is 0 Å². The number of nitrogens with one attached hydrogen (secondary N) is 1. The Kier molecular flexibility index (Phi) is 3.51. The van der Waals surface area contributed by atoms with E-state index in [9.17, 15) is 5.11 Å². The number of aromatic nitrogens is 4. The number of methoxy groups -OCH3 is 1. The van der Waals surface area contributed by atoms with E-state index in [0.29, 0.717) is 15.9 Å². The van der Waals surface area contributed by atoms with Crippen molar-refractivity contribution in [3.05, 3.63) is 53.3 Å². The van der Waals surface area contributed by atoms with Crippen molar-refractivity contribution in [1.82, 2.24) is 20.2 Å². The smallest absolute Gasteiger partial charge is 0.161 e. The highest BCUT2D eigenvalue weighted by molar-refractivity contribution is 9.10. The zero-order valence-electron chi connectivity index (χ0n) is 14.2. The van der Waals surface area contributed by atoms with Crippen molar-refractivity contribution in [3.63, 3.8) is 0 Å². The van der Waals surface area contributed by atoms with Gasteiger partial charge in [-0.25, -0.2) is 9.97 Å². The van der Waals surface area contributed by atoms with E-state index in [1.54, 1.807) is 24.5 Å². The van der Waals surface area contributed by atoms with Gasteiger partial charge in [0, 0.05) is 37.8 Å². The standard InChI is InChI=1S/C20H13BrN4O2/c1-27-17-6-11(14(21)7-16(17)26)19-13-8-22-20-18(13)12(9-23-25-20)10-4-2-3-5-15(10)24-19/h2-9,26H,1H3,(H,22,25). The molecule has 0 saturated carbocycles. The van der Waals surface area contributed by atoms with Crippen LogP contribution >= 0.6 is 15.9 Å². The van der Waals surface area contributed by atoms with Gasteiger partial charge in [-0.15, -0.1) is 0 Å². The number of hydrogen-bond donors (Lipinski definition) is 2. The first-order chi connectivity index (χ1) is 13.2. The molecule has 0 aliphatic carbocycles. The third-order valence-corrected chi connectivity index (χ3v) is 5.32. The van der Waals surface area contributed by atoms with Crippen LogP contribution in [0.1, 0.15) is 0 Å². The molecule has 0 radical (unpaired) electrons. The fourth-order valence-electron chi connectivity index (χ4n) is 3.42. The minimum absolute atomic E-state index is 0.0615. The van der Waals surface area contributed by atoms with E-state index in [0.717, 1.165) is 38.3 Å². The van der Waals surface area contributed by atoms with Crippen LogP contribution in [0.15, 0.2) is 53.3 Å². The highest BCUT2D eigenvalue weighted by Gasteiger charge is 2.18. The molecule has 7 heteroatoms. The number of H-pyrrole nitrogens is 1. The normalized spacial score (nSPS) is 11.5. The van der Waals surface area contributed by atoms with Crippen molar-refractivity contribution in [1.29, 1.82) is 0 Å². The number of hydrogen-bond acceptors (Lipinski definition) is 5. The predicted molar refractivity (Wildman–Crippen MR) is 108 cm³/mol. The topological polar surface area (TPSA) is 83.9 Å². The van der Waals surface area contributed by atoms with Crippen molar-refractivity contribution in [2.45, 2.75) is 0 Å². The molecule has 0 fully saturated rings. The molecule has 0 bridgehead atoms. The summed E-state index contributed by atoms with van der Waals surface area (Å²) in [6.07, 6.45) is 3.60. The van der Waals surface area contributed by atoms with Gasteiger partial charge < -0.3 is 9.84 Å². The fraction of sp³-hybridized carbons (Fsp3) is 0.0500. The van der Waals surface area contributed by atoms with Crippen molar-refractivity contribution in [3.8, 4) is 22.8 Å². The molecule has 0 aliphatic heterocycles. The zero-order chi connectivity index (χ0) is 18.5. The van der Waals surface area contributed by atoms with E-state index in [4.69, 9.17) is 9.72 Å². The highest BCUT2D eigenvalue weighted by atomic mass is 79.9. The number of aromatic hydroxyl groups is 1. The second kappa shape index (κ2) is 5.92. The summed E-state index contributed by atoms with van der Waals surface area (Å²) in [4.78, 5) is 9.43. The number of halogens is 1. The Morgan fingerprint density at radius 2 is 1.93 bits per heavy atom. The lowest BCUT2D eigenvalue weighted by Gasteiger charge is -2.09. The van der Waals surface area contributed by atoms with Crippen LogP contribution in [0.25, 0.3) is 44.0 Å². The Morgan fingerprint density at radius 3 is 2.78 bits per heavy atom. The van der Waals surface area contributed by atoms with Gasteiger partial charge in [-0.1, -0.05) is 18.2 Å². The van der Waals surface area contributed by atoms with Crippen LogP contribution < -0.4 is 4.74 Å². The summed E-state index contributed by atoms with van der Waals surface area (Å²) in [5.74, 6) is 0.442. The minimum Gasteiger partial charge on any atom is -0.504 e. The lowest BCUT2D eigenvalue weighted by Crippen LogP contribution is -1.88. The number of phenolic OH excluding ortho intramolecular Hbond substituents is 1. The second-order valence-corrected chi connectivity index (χ2v) is 7.01. The SMILES string of the molecule is COc1cc(-c2nc3ccccc3c3cn[nH]c4ncc2c43)c(Br)cc1O. The molecule has 0 amide bonds. The number of rotatable bonds is 2. The number of aromatic amines is 1. The minimum atomic E-state index is 0.0615. The molecule has 0 aliphatic rings. The molecule has 5 rings (SSSR count). The van der Waals surface area contributed by atoms with Gasteiger partial charge in [0.05, 0.1) is 24.5 Å². The van der Waals surface area contributed by atoms with Crippen LogP contribution in [0.2, 0.25) is 0 Å². The van der Waals surface area contributed by atoms with E-state index in [1.807, 2.05) is 24.3 Å². The molecule has 0 saturated heterocycles. The van der Waals surface area contributed by atoms with E-state index in [-0.39, 0.29) is 5.75 Å². The second-order valence-electron chi connectivity index (χ2n) is 6.16. The van der Waals surface area contributed by atoms with E-state index >= 15 is 0 Å². The Morgan fingerprint density at radius 1 is 1.07 bits per heavy atom. The van der Waals surface area contributed by atoms with E-state index in [1.165, 1.54) is 7.11 Å². The largest absolute Gasteiger partial charge is 0.504 e. The lowest BCUT2D eigenvalue weighted by atomic mass is 10.1. The number of ether oxygens (including phenoxy) is 1. The Hall–Kier alpha value is -3.19. The quantitative estimate of drug-likeness (QED) is 0.428. The zero-order valence-corrected chi connectivity index (χ0v) is 15.8. The molecular weight excluding hydrogens is 408 g/mol. The Labute approximate surface area is 162 Å². The van der Waals surface area contributed by atoms with Crippen LogP contribution in [-0.2, 0) is 0 Å². The van der Waals surface area contributed by atoms with Crippen LogP contribution in [0.5, 0.6) is 11.5 Å². The maximum Gasteiger partial charge on any atom is 0.161 e. The molecule has 0 unspecified atom stereocenters. The van der Waals surface area contributed by atoms with Crippen molar-refractivity contribution in [2.24, 2.45) is 0 Å². The highest BCUT2D eigenvalue weighted by Crippen LogP contribution is 2.41. The van der Waals surface area contributed by atoms with E-state index in [2.05, 4.69) is 31.1 Å². The summed E-state index contributed by atoms with van der Waals surface area (Å²) in [7, 11) is 1.52. The molecule has 2 N–H and O–H groups in total. The van der Waals surface area contributed by atoms with Gasteiger partial charge in [-0.05, 0) is 34.1 Å². The molecule has 0 atom stereocenters. The maximum atomic E-state index is 10.1. The molecule has 3 aromatic heterocycles. The molecule has 3 heterocycles. The van der Waals surface area contributed by atoms with Gasteiger partial charge in [0.1, 0.15) is 0 Å². The van der Waals surface area contributed by atoms with Crippen molar-refractivity contribution < 1.29 is 9.84 Å². The Bertz CT molecular complexity index is 1350.